The molecule has 0 aliphatic carbocycles. The van der Waals surface area contributed by atoms with Gasteiger partial charge in [0.15, 0.2) is 5.65 Å². The number of hydrogen-bond donors (Lipinski definition) is 1. The fourth-order valence-corrected chi connectivity index (χ4v) is 4.01. The van der Waals surface area contributed by atoms with Gasteiger partial charge in [-0.25, -0.2) is 4.98 Å². The SMILES string of the molecule is Cc1ccc(-c2ccnc3nc(N4CC(C)CC(C)C4)[nH]c(=O)c23)cc1. The maximum atomic E-state index is 12.9. The molecular formula is C21H24N4O. The van der Waals surface area contributed by atoms with E-state index in [9.17, 15) is 4.79 Å². The van der Waals surface area contributed by atoms with Gasteiger partial charge in [-0.15, -0.1) is 0 Å². The van der Waals surface area contributed by atoms with Gasteiger partial charge in [0, 0.05) is 19.3 Å². The van der Waals surface area contributed by atoms with E-state index in [1.54, 1.807) is 6.20 Å². The van der Waals surface area contributed by atoms with E-state index in [-0.39, 0.29) is 5.56 Å². The molecule has 1 N–H and O–H groups in total. The van der Waals surface area contributed by atoms with Crippen molar-refractivity contribution in [2.24, 2.45) is 11.8 Å². The molecule has 2 atom stereocenters. The van der Waals surface area contributed by atoms with Crippen molar-refractivity contribution in [3.05, 3.63) is 52.4 Å². The smallest absolute Gasteiger partial charge is 0.262 e. The number of H-pyrrole nitrogens is 1. The lowest BCUT2D eigenvalue weighted by atomic mass is 9.92. The van der Waals surface area contributed by atoms with Gasteiger partial charge in [-0.1, -0.05) is 43.7 Å². The average molecular weight is 348 g/mol. The zero-order valence-electron chi connectivity index (χ0n) is 15.5. The van der Waals surface area contributed by atoms with Crippen LogP contribution in [0.25, 0.3) is 22.2 Å². The Labute approximate surface area is 153 Å². The van der Waals surface area contributed by atoms with Crippen molar-refractivity contribution in [3.63, 3.8) is 0 Å². The molecular weight excluding hydrogens is 324 g/mol. The summed E-state index contributed by atoms with van der Waals surface area (Å²) in [5, 5.41) is 0.554. The van der Waals surface area contributed by atoms with Gasteiger partial charge >= 0.3 is 0 Å². The third-order valence-corrected chi connectivity index (χ3v) is 5.13. The van der Waals surface area contributed by atoms with Crippen LogP contribution in [0.4, 0.5) is 5.95 Å². The van der Waals surface area contributed by atoms with Crippen molar-refractivity contribution in [1.82, 2.24) is 15.0 Å². The minimum absolute atomic E-state index is 0.125. The number of aromatic nitrogens is 3. The zero-order chi connectivity index (χ0) is 18.3. The third kappa shape index (κ3) is 3.09. The van der Waals surface area contributed by atoms with E-state index in [0.717, 1.165) is 24.2 Å². The molecule has 4 rings (SSSR count). The molecule has 26 heavy (non-hydrogen) atoms. The molecule has 0 saturated carbocycles. The van der Waals surface area contributed by atoms with E-state index in [1.165, 1.54) is 12.0 Å². The van der Waals surface area contributed by atoms with Gasteiger partial charge in [-0.05, 0) is 42.4 Å². The number of rotatable bonds is 2. The molecule has 1 aliphatic heterocycles. The van der Waals surface area contributed by atoms with Crippen LogP contribution < -0.4 is 10.5 Å². The number of aromatic amines is 1. The summed E-state index contributed by atoms with van der Waals surface area (Å²) in [4.78, 5) is 27.2. The molecule has 0 radical (unpaired) electrons. The summed E-state index contributed by atoms with van der Waals surface area (Å²) in [7, 11) is 0. The number of anilines is 1. The highest BCUT2D eigenvalue weighted by Gasteiger charge is 2.24. The molecule has 1 aromatic carbocycles. The van der Waals surface area contributed by atoms with Crippen LogP contribution in [-0.2, 0) is 0 Å². The van der Waals surface area contributed by atoms with Crippen LogP contribution >= 0.6 is 0 Å². The predicted octanol–water partition coefficient (Wildman–Crippen LogP) is 3.78. The lowest BCUT2D eigenvalue weighted by Gasteiger charge is -2.35. The normalized spacial score (nSPS) is 20.5. The Kier molecular flexibility index (Phi) is 4.23. The fourth-order valence-electron chi connectivity index (χ4n) is 4.01. The topological polar surface area (TPSA) is 61.9 Å². The van der Waals surface area contributed by atoms with Crippen LogP contribution in [0.15, 0.2) is 41.3 Å². The van der Waals surface area contributed by atoms with Crippen LogP contribution in [-0.4, -0.2) is 28.0 Å². The summed E-state index contributed by atoms with van der Waals surface area (Å²) in [5.41, 5.74) is 3.45. The van der Waals surface area contributed by atoms with Gasteiger partial charge in [-0.3, -0.25) is 9.78 Å². The zero-order valence-corrected chi connectivity index (χ0v) is 15.5. The molecule has 3 heterocycles. The highest BCUT2D eigenvalue weighted by Crippen LogP contribution is 2.27. The molecule has 0 spiro atoms. The Balaban J connectivity index is 1.82. The first-order valence-electron chi connectivity index (χ1n) is 9.22. The molecule has 2 aromatic heterocycles. The van der Waals surface area contributed by atoms with E-state index in [4.69, 9.17) is 4.98 Å². The van der Waals surface area contributed by atoms with Crippen molar-refractivity contribution in [3.8, 4) is 11.1 Å². The Morgan fingerprint density at radius 2 is 1.77 bits per heavy atom. The summed E-state index contributed by atoms with van der Waals surface area (Å²) < 4.78 is 0. The van der Waals surface area contributed by atoms with Crippen LogP contribution in [0.5, 0.6) is 0 Å². The molecule has 1 aliphatic rings. The number of hydrogen-bond acceptors (Lipinski definition) is 4. The highest BCUT2D eigenvalue weighted by atomic mass is 16.1. The van der Waals surface area contributed by atoms with E-state index >= 15 is 0 Å². The van der Waals surface area contributed by atoms with Crippen molar-refractivity contribution in [1.29, 1.82) is 0 Å². The summed E-state index contributed by atoms with van der Waals surface area (Å²) in [6, 6.07) is 10.0. The Morgan fingerprint density at radius 3 is 2.46 bits per heavy atom. The molecule has 5 nitrogen and oxygen atoms in total. The Hall–Kier alpha value is -2.69. The fraction of sp³-hybridized carbons (Fsp3) is 0.381. The number of aryl methyl sites for hydroxylation is 1. The third-order valence-electron chi connectivity index (χ3n) is 5.13. The van der Waals surface area contributed by atoms with Crippen LogP contribution in [0.2, 0.25) is 0 Å². The van der Waals surface area contributed by atoms with Crippen LogP contribution in [0.1, 0.15) is 25.8 Å². The number of nitrogens with one attached hydrogen (secondary N) is 1. The van der Waals surface area contributed by atoms with Gasteiger partial charge in [0.2, 0.25) is 5.95 Å². The van der Waals surface area contributed by atoms with E-state index in [0.29, 0.717) is 28.8 Å². The molecule has 5 heteroatoms. The van der Waals surface area contributed by atoms with Gasteiger partial charge in [0.1, 0.15) is 0 Å². The molecule has 2 unspecified atom stereocenters. The summed E-state index contributed by atoms with van der Waals surface area (Å²) in [6.45, 7) is 8.37. The molecule has 3 aromatic rings. The molecule has 1 fully saturated rings. The second kappa shape index (κ2) is 6.56. The molecule has 134 valence electrons. The van der Waals surface area contributed by atoms with Gasteiger partial charge < -0.3 is 4.90 Å². The lowest BCUT2D eigenvalue weighted by molar-refractivity contribution is 0.353. The van der Waals surface area contributed by atoms with Crippen molar-refractivity contribution >= 4 is 17.0 Å². The summed E-state index contributed by atoms with van der Waals surface area (Å²) >= 11 is 0. The maximum Gasteiger partial charge on any atom is 0.262 e. The first-order chi connectivity index (χ1) is 12.5. The Bertz CT molecular complexity index is 983. The minimum Gasteiger partial charge on any atom is -0.342 e. The Morgan fingerprint density at radius 1 is 1.08 bits per heavy atom. The molecule has 0 amide bonds. The minimum atomic E-state index is -0.125. The van der Waals surface area contributed by atoms with Gasteiger partial charge in [0.05, 0.1) is 5.39 Å². The first kappa shape index (κ1) is 16.8. The monoisotopic (exact) mass is 348 g/mol. The molecule has 1 saturated heterocycles. The summed E-state index contributed by atoms with van der Waals surface area (Å²) in [6.07, 6.45) is 2.94. The quantitative estimate of drug-likeness (QED) is 0.766. The van der Waals surface area contributed by atoms with Crippen LogP contribution in [0.3, 0.4) is 0 Å². The van der Waals surface area contributed by atoms with Crippen molar-refractivity contribution in [2.75, 3.05) is 18.0 Å². The maximum absolute atomic E-state index is 12.9. The number of nitrogens with zero attached hydrogens (tertiary/aromatic N) is 3. The second-order valence-corrected chi connectivity index (χ2v) is 7.66. The lowest BCUT2D eigenvalue weighted by Crippen LogP contribution is -2.40. The van der Waals surface area contributed by atoms with Crippen molar-refractivity contribution in [2.45, 2.75) is 27.2 Å². The standard InChI is InChI=1S/C21H24N4O/c1-13-4-6-16(7-5-13)17-8-9-22-19-18(17)20(26)24-21(23-19)25-11-14(2)10-15(3)12-25/h4-9,14-15H,10-12H2,1-3H3,(H,22,23,24,26). The first-order valence-corrected chi connectivity index (χ1v) is 9.22. The molecule has 0 bridgehead atoms. The number of pyridine rings is 1. The predicted molar refractivity (Wildman–Crippen MR) is 105 cm³/mol. The largest absolute Gasteiger partial charge is 0.342 e. The number of benzene rings is 1. The van der Waals surface area contributed by atoms with E-state index < -0.39 is 0 Å². The second-order valence-electron chi connectivity index (χ2n) is 7.66. The number of fused-ring (bicyclic) bond motifs is 1. The average Bonchev–Trinajstić information content (AvgIpc) is 2.61. The highest BCUT2D eigenvalue weighted by molar-refractivity contribution is 5.92. The van der Waals surface area contributed by atoms with Crippen molar-refractivity contribution < 1.29 is 0 Å². The van der Waals surface area contributed by atoms with Gasteiger partial charge in [0.25, 0.3) is 5.56 Å². The van der Waals surface area contributed by atoms with E-state index in [1.807, 2.05) is 30.3 Å². The number of piperidine rings is 1. The summed E-state index contributed by atoms with van der Waals surface area (Å²) in [5.74, 6) is 1.81. The van der Waals surface area contributed by atoms with Gasteiger partial charge in [-0.2, -0.15) is 4.98 Å². The van der Waals surface area contributed by atoms with E-state index in [2.05, 4.69) is 35.6 Å². The van der Waals surface area contributed by atoms with Crippen LogP contribution in [0, 0.1) is 18.8 Å².